The molecule has 2 heterocycles. The lowest BCUT2D eigenvalue weighted by atomic mass is 10.2. The average Bonchev–Trinajstić information content (AvgIpc) is 2.78. The second-order valence-electron chi connectivity index (χ2n) is 5.15. The molecule has 3 nitrogen and oxygen atoms in total. The summed E-state index contributed by atoms with van der Waals surface area (Å²) in [5.74, 6) is 2.98. The van der Waals surface area contributed by atoms with E-state index in [9.17, 15) is 4.39 Å². The van der Waals surface area contributed by atoms with Gasteiger partial charge >= 0.3 is 0 Å². The second-order valence-corrected chi connectivity index (χ2v) is 6.30. The number of nitrogens with one attached hydrogen (secondary N) is 1. The number of hydrogen-bond acceptors (Lipinski definition) is 3. The van der Waals surface area contributed by atoms with Crippen molar-refractivity contribution in [1.82, 2.24) is 14.9 Å². The molecule has 3 rings (SSSR count). The predicted molar refractivity (Wildman–Crippen MR) is 78.1 cm³/mol. The topological polar surface area (TPSA) is 29.9 Å². The Hall–Kier alpha value is -1.07. The van der Waals surface area contributed by atoms with Gasteiger partial charge in [-0.2, -0.15) is 11.8 Å². The lowest BCUT2D eigenvalue weighted by Crippen LogP contribution is -2.32. The van der Waals surface area contributed by atoms with Gasteiger partial charge in [-0.3, -0.25) is 0 Å². The van der Waals surface area contributed by atoms with Gasteiger partial charge in [-0.05, 0) is 26.0 Å². The van der Waals surface area contributed by atoms with Crippen molar-refractivity contribution >= 4 is 22.8 Å². The SMILES string of the molecule is CC(C)n1c(C2CSCCN2)nc2cc(F)ccc21. The van der Waals surface area contributed by atoms with E-state index in [1.54, 1.807) is 0 Å². The van der Waals surface area contributed by atoms with Crippen LogP contribution in [0.1, 0.15) is 31.8 Å². The monoisotopic (exact) mass is 279 g/mol. The van der Waals surface area contributed by atoms with Crippen molar-refractivity contribution in [3.05, 3.63) is 29.8 Å². The van der Waals surface area contributed by atoms with Crippen LogP contribution in [0.3, 0.4) is 0 Å². The second kappa shape index (κ2) is 5.13. The van der Waals surface area contributed by atoms with E-state index < -0.39 is 0 Å². The average molecular weight is 279 g/mol. The Kier molecular flexibility index (Phi) is 3.50. The Balaban J connectivity index is 2.13. The quantitative estimate of drug-likeness (QED) is 0.916. The molecule has 2 aromatic rings. The van der Waals surface area contributed by atoms with Gasteiger partial charge in [0.15, 0.2) is 0 Å². The molecule has 1 unspecified atom stereocenters. The highest BCUT2D eigenvalue weighted by atomic mass is 32.2. The highest BCUT2D eigenvalue weighted by molar-refractivity contribution is 7.99. The molecule has 1 aromatic carbocycles. The molecule has 1 fully saturated rings. The molecule has 19 heavy (non-hydrogen) atoms. The summed E-state index contributed by atoms with van der Waals surface area (Å²) in [6.45, 7) is 5.29. The van der Waals surface area contributed by atoms with Gasteiger partial charge in [0.05, 0.1) is 17.1 Å². The maximum Gasteiger partial charge on any atom is 0.128 e. The molecule has 1 aliphatic heterocycles. The van der Waals surface area contributed by atoms with Gasteiger partial charge in [0.2, 0.25) is 0 Å². The minimum absolute atomic E-state index is 0.224. The highest BCUT2D eigenvalue weighted by Gasteiger charge is 2.23. The summed E-state index contributed by atoms with van der Waals surface area (Å²) >= 11 is 1.94. The van der Waals surface area contributed by atoms with E-state index >= 15 is 0 Å². The van der Waals surface area contributed by atoms with Crippen LogP contribution < -0.4 is 5.32 Å². The first-order valence-corrected chi connectivity index (χ1v) is 7.81. The fraction of sp³-hybridized carbons (Fsp3) is 0.500. The van der Waals surface area contributed by atoms with E-state index in [-0.39, 0.29) is 11.9 Å². The van der Waals surface area contributed by atoms with Crippen LogP contribution in [0, 0.1) is 5.82 Å². The Labute approximate surface area is 116 Å². The van der Waals surface area contributed by atoms with E-state index in [2.05, 4.69) is 28.7 Å². The largest absolute Gasteiger partial charge is 0.324 e. The maximum atomic E-state index is 13.4. The van der Waals surface area contributed by atoms with Crippen molar-refractivity contribution in [2.75, 3.05) is 18.1 Å². The normalized spacial score (nSPS) is 20.3. The Bertz CT molecular complexity index is 588. The number of rotatable bonds is 2. The third kappa shape index (κ3) is 2.37. The van der Waals surface area contributed by atoms with Gasteiger partial charge in [0.25, 0.3) is 0 Å². The van der Waals surface area contributed by atoms with Crippen molar-refractivity contribution < 1.29 is 4.39 Å². The molecule has 1 aromatic heterocycles. The van der Waals surface area contributed by atoms with Gasteiger partial charge in [0.1, 0.15) is 11.6 Å². The summed E-state index contributed by atoms with van der Waals surface area (Å²) in [7, 11) is 0. The van der Waals surface area contributed by atoms with Gasteiger partial charge in [-0.1, -0.05) is 0 Å². The van der Waals surface area contributed by atoms with Crippen LogP contribution in [0.25, 0.3) is 11.0 Å². The fourth-order valence-electron chi connectivity index (χ4n) is 2.61. The number of fused-ring (bicyclic) bond motifs is 1. The van der Waals surface area contributed by atoms with Crippen molar-refractivity contribution in [1.29, 1.82) is 0 Å². The van der Waals surface area contributed by atoms with E-state index in [0.29, 0.717) is 6.04 Å². The number of hydrogen-bond donors (Lipinski definition) is 1. The molecule has 0 spiro atoms. The summed E-state index contributed by atoms with van der Waals surface area (Å²) in [5.41, 5.74) is 1.77. The molecule has 0 bridgehead atoms. The molecule has 1 saturated heterocycles. The van der Waals surface area contributed by atoms with Crippen LogP contribution in [0.2, 0.25) is 0 Å². The molecule has 0 aliphatic carbocycles. The zero-order valence-electron chi connectivity index (χ0n) is 11.2. The molecular formula is C14H18FN3S. The minimum Gasteiger partial charge on any atom is -0.324 e. The predicted octanol–water partition coefficient (Wildman–Crippen LogP) is 3.13. The number of imidazole rings is 1. The zero-order valence-corrected chi connectivity index (χ0v) is 12.0. The van der Waals surface area contributed by atoms with Gasteiger partial charge in [-0.25, -0.2) is 9.37 Å². The third-order valence-electron chi connectivity index (χ3n) is 3.43. The Morgan fingerprint density at radius 1 is 1.47 bits per heavy atom. The first-order chi connectivity index (χ1) is 9.16. The van der Waals surface area contributed by atoms with E-state index in [4.69, 9.17) is 0 Å². The smallest absolute Gasteiger partial charge is 0.128 e. The van der Waals surface area contributed by atoms with Crippen LogP contribution in [-0.4, -0.2) is 27.6 Å². The van der Waals surface area contributed by atoms with E-state index in [1.807, 2.05) is 17.8 Å². The number of aromatic nitrogens is 2. The van der Waals surface area contributed by atoms with Crippen LogP contribution >= 0.6 is 11.8 Å². The Morgan fingerprint density at radius 2 is 2.32 bits per heavy atom. The molecule has 1 N–H and O–H groups in total. The molecule has 102 valence electrons. The summed E-state index contributed by atoms with van der Waals surface area (Å²) in [5, 5.41) is 3.51. The van der Waals surface area contributed by atoms with E-state index in [1.165, 1.54) is 12.1 Å². The van der Waals surface area contributed by atoms with Crippen molar-refractivity contribution in [3.63, 3.8) is 0 Å². The van der Waals surface area contributed by atoms with Crippen LogP contribution in [0.15, 0.2) is 18.2 Å². The van der Waals surface area contributed by atoms with Gasteiger partial charge in [0, 0.05) is 30.2 Å². The first-order valence-electron chi connectivity index (χ1n) is 6.65. The van der Waals surface area contributed by atoms with Crippen LogP contribution in [0.4, 0.5) is 4.39 Å². The lowest BCUT2D eigenvalue weighted by molar-refractivity contribution is 0.501. The molecule has 0 amide bonds. The van der Waals surface area contributed by atoms with Crippen molar-refractivity contribution in [2.45, 2.75) is 25.9 Å². The summed E-state index contributed by atoms with van der Waals surface area (Å²) in [6.07, 6.45) is 0. The summed E-state index contributed by atoms with van der Waals surface area (Å²) in [6, 6.07) is 5.44. The summed E-state index contributed by atoms with van der Waals surface area (Å²) in [4.78, 5) is 4.67. The van der Waals surface area contributed by atoms with Gasteiger partial charge < -0.3 is 9.88 Å². The van der Waals surface area contributed by atoms with Crippen molar-refractivity contribution in [2.24, 2.45) is 0 Å². The van der Waals surface area contributed by atoms with E-state index in [0.717, 1.165) is 34.9 Å². The Morgan fingerprint density at radius 3 is 3.00 bits per heavy atom. The number of benzene rings is 1. The fourth-order valence-corrected chi connectivity index (χ4v) is 3.54. The molecule has 5 heteroatoms. The zero-order chi connectivity index (χ0) is 13.4. The van der Waals surface area contributed by atoms with Crippen LogP contribution in [-0.2, 0) is 0 Å². The first kappa shape index (κ1) is 12.9. The lowest BCUT2D eigenvalue weighted by Gasteiger charge is -2.25. The molecule has 0 radical (unpaired) electrons. The van der Waals surface area contributed by atoms with Gasteiger partial charge in [-0.15, -0.1) is 0 Å². The minimum atomic E-state index is -0.224. The number of nitrogens with zero attached hydrogens (tertiary/aromatic N) is 2. The highest BCUT2D eigenvalue weighted by Crippen LogP contribution is 2.28. The molecule has 1 aliphatic rings. The molecular weight excluding hydrogens is 261 g/mol. The summed E-state index contributed by atoms with van der Waals surface area (Å²) < 4.78 is 15.6. The third-order valence-corrected chi connectivity index (χ3v) is 4.49. The van der Waals surface area contributed by atoms with Crippen molar-refractivity contribution in [3.8, 4) is 0 Å². The maximum absolute atomic E-state index is 13.4. The number of halogens is 1. The number of thioether (sulfide) groups is 1. The molecule has 1 atom stereocenters. The van der Waals surface area contributed by atoms with Crippen LogP contribution in [0.5, 0.6) is 0 Å². The standard InChI is InChI=1S/C14H18FN3S/c1-9(2)18-13-4-3-10(15)7-11(13)17-14(18)12-8-19-6-5-16-12/h3-4,7,9,12,16H,5-6,8H2,1-2H3. The molecule has 0 saturated carbocycles.